The molecule has 1 saturated heterocycles. The number of piperidine rings is 1. The molecule has 56 heavy (non-hydrogen) atoms. The number of hydrogen-bond donors (Lipinski definition) is 6. The Hall–Kier alpha value is -6.80. The zero-order chi connectivity index (χ0) is 40.0. The van der Waals surface area contributed by atoms with E-state index in [1.807, 2.05) is 4.90 Å². The van der Waals surface area contributed by atoms with Crippen molar-refractivity contribution in [1.82, 2.24) is 35.4 Å². The number of likely N-dealkylation sites (tertiary alicyclic amines) is 1. The molecule has 1 aliphatic heterocycles. The van der Waals surface area contributed by atoms with Crippen molar-refractivity contribution in [3.05, 3.63) is 89.3 Å². The van der Waals surface area contributed by atoms with E-state index in [1.54, 1.807) is 81.4 Å². The number of amides is 3. The summed E-state index contributed by atoms with van der Waals surface area (Å²) in [6, 6.07) is 19.2. The molecule has 0 bridgehead atoms. The van der Waals surface area contributed by atoms with Gasteiger partial charge in [-0.3, -0.25) is 19.8 Å². The van der Waals surface area contributed by atoms with Crippen LogP contribution >= 0.6 is 11.6 Å². The number of fused-ring (bicyclic) bond motifs is 1. The molecule has 0 saturated carbocycles. The van der Waals surface area contributed by atoms with Gasteiger partial charge < -0.3 is 35.9 Å². The van der Waals surface area contributed by atoms with Gasteiger partial charge in [-0.15, -0.1) is 5.10 Å². The maximum atomic E-state index is 13.9. The number of aromatic nitrogens is 5. The number of carbonyl (C=O) groups is 4. The molecule has 0 unspecified atom stereocenters. The zero-order valence-electron chi connectivity index (χ0n) is 30.7. The lowest BCUT2D eigenvalue weighted by Gasteiger charge is -2.31. The molecule has 0 spiro atoms. The molecule has 1 aliphatic rings. The first-order valence-electron chi connectivity index (χ1n) is 17.7. The Morgan fingerprint density at radius 2 is 1.71 bits per heavy atom. The number of nitrogens with zero attached hydrogens (tertiary/aromatic N) is 6. The van der Waals surface area contributed by atoms with Crippen molar-refractivity contribution >= 4 is 69.2 Å². The van der Waals surface area contributed by atoms with Gasteiger partial charge in [-0.25, -0.2) is 4.79 Å². The normalized spacial score (nSPS) is 13.7. The van der Waals surface area contributed by atoms with Crippen LogP contribution in [0.4, 0.5) is 17.1 Å². The molecule has 18 heteroatoms. The van der Waals surface area contributed by atoms with E-state index in [4.69, 9.17) is 21.7 Å². The fourth-order valence-electron chi connectivity index (χ4n) is 5.98. The molecule has 0 radical (unpaired) electrons. The summed E-state index contributed by atoms with van der Waals surface area (Å²) in [5.74, 6) is -3.10. The van der Waals surface area contributed by atoms with Crippen LogP contribution in [0.25, 0.3) is 16.6 Å². The second-order valence-electron chi connectivity index (χ2n) is 14.1. The third kappa shape index (κ3) is 9.84. The number of carbonyl (C=O) groups excluding carboxylic acids is 4. The molecule has 0 aliphatic carbocycles. The summed E-state index contributed by atoms with van der Waals surface area (Å²) in [5, 5.41) is 40.6. The van der Waals surface area contributed by atoms with Crippen LogP contribution in [0.2, 0.25) is 5.02 Å². The van der Waals surface area contributed by atoms with Crippen LogP contribution in [0.15, 0.2) is 73.1 Å². The van der Waals surface area contributed by atoms with E-state index in [0.29, 0.717) is 59.5 Å². The molecule has 6 rings (SSSR count). The number of nitriles is 1. The number of esters is 1. The topological polar surface area (TPSA) is 236 Å². The number of benzene rings is 3. The maximum Gasteiger partial charge on any atom is 0.355 e. The molecule has 1 atom stereocenters. The Labute approximate surface area is 326 Å². The van der Waals surface area contributed by atoms with E-state index in [2.05, 4.69) is 47.8 Å². The quantitative estimate of drug-likeness (QED) is 0.0522. The van der Waals surface area contributed by atoms with Crippen LogP contribution in [0.5, 0.6) is 0 Å². The first kappa shape index (κ1) is 38.9. The molecular weight excluding hydrogens is 740 g/mol. The number of hydrogen-bond acceptors (Lipinski definition) is 10. The predicted molar refractivity (Wildman–Crippen MR) is 208 cm³/mol. The van der Waals surface area contributed by atoms with E-state index in [0.717, 1.165) is 0 Å². The third-order valence-corrected chi connectivity index (χ3v) is 9.02. The first-order valence-corrected chi connectivity index (χ1v) is 18.0. The van der Waals surface area contributed by atoms with Crippen LogP contribution in [0, 0.1) is 22.7 Å². The average Bonchev–Trinajstić information content (AvgIpc) is 3.86. The number of anilines is 3. The summed E-state index contributed by atoms with van der Waals surface area (Å²) in [5.41, 5.74) is 2.36. The number of H-pyrrole nitrogens is 1. The van der Waals surface area contributed by atoms with Crippen LogP contribution < -0.4 is 21.3 Å². The fourth-order valence-corrected chi connectivity index (χ4v) is 6.15. The smallest absolute Gasteiger partial charge is 0.355 e. The summed E-state index contributed by atoms with van der Waals surface area (Å²) < 4.78 is 6.75. The molecular formula is C38H39ClN12O5. The number of tetrazole rings is 1. The van der Waals surface area contributed by atoms with Gasteiger partial charge in [0.05, 0.1) is 17.4 Å². The largest absolute Gasteiger partial charge is 0.455 e. The highest BCUT2D eigenvalue weighted by Gasteiger charge is 2.27. The molecule has 3 amide bonds. The summed E-state index contributed by atoms with van der Waals surface area (Å²) in [7, 11) is 0. The highest BCUT2D eigenvalue weighted by molar-refractivity contribution is 6.40. The van der Waals surface area contributed by atoms with E-state index < -0.39 is 35.3 Å². The SMILES string of the molecule is CC(C)(C)OC(=O)c1cc2cc(NC(=O)[C@H](Cc3ccc(NC(=N)N4CCC(C#N)CC4)cc3)NC(=O)C(=O)Nc3cc(Cl)ccc3-n3cnnn3)ccc2[nH]1. The molecule has 1 fully saturated rings. The minimum absolute atomic E-state index is 0.00454. The number of guanidine groups is 1. The first-order chi connectivity index (χ1) is 26.7. The Morgan fingerprint density at radius 1 is 0.982 bits per heavy atom. The lowest BCUT2D eigenvalue weighted by atomic mass is 9.99. The second kappa shape index (κ2) is 16.7. The summed E-state index contributed by atoms with van der Waals surface area (Å²) in [6.45, 7) is 6.51. The van der Waals surface area contributed by atoms with Gasteiger partial charge in [0.2, 0.25) is 5.91 Å². The molecule has 3 heterocycles. The van der Waals surface area contributed by atoms with E-state index in [1.165, 1.54) is 17.1 Å². The standard InChI is InChI=1S/C38H39ClN12O5/c1-38(2,3)56-36(55)31-18-24-17-27(9-10-28(24)45-31)43-33(52)30(16-22-4-7-26(8-5-22)44-37(41)50-14-12-23(20-40)13-15-50)47-35(54)34(53)46-29-19-25(39)6-11-32(29)51-21-42-48-49-51/h4-11,17-19,21,23,30,45H,12-16H2,1-3H3,(H2,41,44)(H,43,52)(H,46,53)(H,47,54)/t30-/m0/s1. The van der Waals surface area contributed by atoms with Gasteiger partial charge >= 0.3 is 17.8 Å². The van der Waals surface area contributed by atoms with Crippen molar-refractivity contribution in [2.45, 2.75) is 51.7 Å². The van der Waals surface area contributed by atoms with Crippen molar-refractivity contribution < 1.29 is 23.9 Å². The Kier molecular flexibility index (Phi) is 11.6. The van der Waals surface area contributed by atoms with Crippen molar-refractivity contribution in [3.63, 3.8) is 0 Å². The predicted octanol–water partition coefficient (Wildman–Crippen LogP) is 4.64. The van der Waals surface area contributed by atoms with Crippen molar-refractivity contribution in [2.75, 3.05) is 29.0 Å². The number of ether oxygens (including phenoxy) is 1. The summed E-state index contributed by atoms with van der Waals surface area (Å²) >= 11 is 6.18. The number of rotatable bonds is 9. The highest BCUT2D eigenvalue weighted by atomic mass is 35.5. The Balaban J connectivity index is 1.18. The van der Waals surface area contributed by atoms with Crippen molar-refractivity contribution in [1.29, 1.82) is 10.7 Å². The molecule has 288 valence electrons. The number of aromatic amines is 1. The van der Waals surface area contributed by atoms with Gasteiger partial charge in [0.1, 0.15) is 23.7 Å². The molecule has 3 aromatic carbocycles. The van der Waals surface area contributed by atoms with Crippen LogP contribution in [-0.4, -0.2) is 84.5 Å². The van der Waals surface area contributed by atoms with Crippen LogP contribution in [-0.2, 0) is 25.5 Å². The van der Waals surface area contributed by atoms with Crippen molar-refractivity contribution in [3.8, 4) is 11.8 Å². The average molecular weight is 779 g/mol. The second-order valence-corrected chi connectivity index (χ2v) is 14.6. The lowest BCUT2D eigenvalue weighted by Crippen LogP contribution is -2.49. The van der Waals surface area contributed by atoms with Gasteiger partial charge in [-0.1, -0.05) is 23.7 Å². The molecule has 2 aromatic heterocycles. The monoisotopic (exact) mass is 778 g/mol. The van der Waals surface area contributed by atoms with E-state index in [9.17, 15) is 24.4 Å². The minimum Gasteiger partial charge on any atom is -0.455 e. The van der Waals surface area contributed by atoms with Gasteiger partial charge in [0.15, 0.2) is 5.96 Å². The number of nitrogens with one attached hydrogen (secondary N) is 6. The number of halogens is 1. The fraction of sp³-hybridized carbons (Fsp3) is 0.289. The van der Waals surface area contributed by atoms with Gasteiger partial charge in [0, 0.05) is 52.7 Å². The lowest BCUT2D eigenvalue weighted by molar-refractivity contribution is -0.137. The summed E-state index contributed by atoms with van der Waals surface area (Å²) in [6.07, 6.45) is 2.69. The van der Waals surface area contributed by atoms with E-state index >= 15 is 0 Å². The minimum atomic E-state index is -1.23. The molecule has 6 N–H and O–H groups in total. The third-order valence-electron chi connectivity index (χ3n) is 8.79. The Bertz CT molecular complexity index is 2300. The van der Waals surface area contributed by atoms with Gasteiger partial charge in [0.25, 0.3) is 0 Å². The van der Waals surface area contributed by atoms with Crippen LogP contribution in [0.1, 0.15) is 49.7 Å². The summed E-state index contributed by atoms with van der Waals surface area (Å²) in [4.78, 5) is 58.1. The highest BCUT2D eigenvalue weighted by Crippen LogP contribution is 2.25. The zero-order valence-corrected chi connectivity index (χ0v) is 31.5. The van der Waals surface area contributed by atoms with Crippen LogP contribution in [0.3, 0.4) is 0 Å². The molecule has 17 nitrogen and oxygen atoms in total. The molecule has 5 aromatic rings. The van der Waals surface area contributed by atoms with Crippen molar-refractivity contribution in [2.24, 2.45) is 5.92 Å². The van der Waals surface area contributed by atoms with Gasteiger partial charge in [-0.2, -0.15) is 9.94 Å². The van der Waals surface area contributed by atoms with E-state index in [-0.39, 0.29) is 34.7 Å². The Morgan fingerprint density at radius 3 is 2.39 bits per heavy atom. The van der Waals surface area contributed by atoms with Gasteiger partial charge in [-0.05, 0) is 104 Å². The maximum absolute atomic E-state index is 13.9.